The molecule has 3 N–H and O–H groups in total. The summed E-state index contributed by atoms with van der Waals surface area (Å²) in [5.74, 6) is 0.648. The molecule has 1 aromatic rings. The summed E-state index contributed by atoms with van der Waals surface area (Å²) in [6.07, 6.45) is 8.27. The molecule has 1 aromatic carbocycles. The molecule has 2 aliphatic rings. The van der Waals surface area contributed by atoms with E-state index in [4.69, 9.17) is 10.5 Å². The average Bonchev–Trinajstić information content (AvgIpc) is 2.79. The van der Waals surface area contributed by atoms with Gasteiger partial charge < -0.3 is 10.5 Å². The second-order valence-electron chi connectivity index (χ2n) is 6.16. The first-order chi connectivity index (χ1) is 10.2. The standard InChI is InChI=1S/C17H24N2O2/c18-17(20)16(19-14-5-3-1-2-4-6-14)13-7-8-15-12(11-13)9-10-21-15/h7-8,11,14,16,19H,1-6,9-10H2,(H2,18,20). The van der Waals surface area contributed by atoms with Gasteiger partial charge in [-0.25, -0.2) is 0 Å². The molecule has 3 rings (SSSR count). The van der Waals surface area contributed by atoms with Crippen LogP contribution in [-0.2, 0) is 11.2 Å². The number of hydrogen-bond donors (Lipinski definition) is 2. The lowest BCUT2D eigenvalue weighted by atomic mass is 9.99. The SMILES string of the molecule is NC(=O)C(NC1CCCCCC1)c1ccc2c(c1)CCO2. The third-order valence-electron chi connectivity index (χ3n) is 4.59. The molecule has 1 aliphatic carbocycles. The Bertz CT molecular complexity index is 508. The molecule has 1 saturated carbocycles. The van der Waals surface area contributed by atoms with Crippen molar-refractivity contribution in [3.8, 4) is 5.75 Å². The van der Waals surface area contributed by atoms with Gasteiger partial charge in [0.15, 0.2) is 0 Å². The minimum absolute atomic E-state index is 0.293. The molecule has 1 unspecified atom stereocenters. The second kappa shape index (κ2) is 6.48. The largest absolute Gasteiger partial charge is 0.493 e. The highest BCUT2D eigenvalue weighted by Crippen LogP contribution is 2.29. The summed E-state index contributed by atoms with van der Waals surface area (Å²) in [5.41, 5.74) is 7.79. The maximum Gasteiger partial charge on any atom is 0.239 e. The first kappa shape index (κ1) is 14.4. The Labute approximate surface area is 126 Å². The van der Waals surface area contributed by atoms with Gasteiger partial charge in [0.25, 0.3) is 0 Å². The van der Waals surface area contributed by atoms with Gasteiger partial charge >= 0.3 is 0 Å². The van der Waals surface area contributed by atoms with Gasteiger partial charge in [-0.2, -0.15) is 0 Å². The van der Waals surface area contributed by atoms with Gasteiger partial charge in [0, 0.05) is 12.5 Å². The molecule has 0 spiro atoms. The number of fused-ring (bicyclic) bond motifs is 1. The summed E-state index contributed by atoms with van der Waals surface area (Å²) < 4.78 is 5.52. The van der Waals surface area contributed by atoms with Crippen LogP contribution in [0.4, 0.5) is 0 Å². The van der Waals surface area contributed by atoms with Gasteiger partial charge in [-0.1, -0.05) is 31.7 Å². The van der Waals surface area contributed by atoms with Gasteiger partial charge in [-0.3, -0.25) is 10.1 Å². The van der Waals surface area contributed by atoms with Crippen molar-refractivity contribution in [2.24, 2.45) is 5.73 Å². The number of nitrogens with two attached hydrogens (primary N) is 1. The molecule has 1 fully saturated rings. The number of primary amides is 1. The van der Waals surface area contributed by atoms with E-state index in [0.29, 0.717) is 6.04 Å². The quantitative estimate of drug-likeness (QED) is 0.837. The first-order valence-corrected chi connectivity index (χ1v) is 8.05. The predicted octanol–water partition coefficient (Wildman–Crippen LogP) is 2.46. The third-order valence-corrected chi connectivity index (χ3v) is 4.59. The van der Waals surface area contributed by atoms with Gasteiger partial charge in [0.2, 0.25) is 5.91 Å². The Hall–Kier alpha value is -1.55. The van der Waals surface area contributed by atoms with E-state index >= 15 is 0 Å². The predicted molar refractivity (Wildman–Crippen MR) is 82.2 cm³/mol. The van der Waals surface area contributed by atoms with E-state index < -0.39 is 0 Å². The van der Waals surface area contributed by atoms with E-state index in [-0.39, 0.29) is 11.9 Å². The number of benzene rings is 1. The maximum atomic E-state index is 11.9. The molecule has 114 valence electrons. The fourth-order valence-corrected chi connectivity index (χ4v) is 3.41. The summed E-state index contributed by atoms with van der Waals surface area (Å²) >= 11 is 0. The molecule has 1 atom stereocenters. The van der Waals surface area contributed by atoms with Crippen molar-refractivity contribution in [1.29, 1.82) is 0 Å². The number of nitrogens with one attached hydrogen (secondary N) is 1. The van der Waals surface area contributed by atoms with Crippen molar-refractivity contribution in [3.63, 3.8) is 0 Å². The van der Waals surface area contributed by atoms with Crippen molar-refractivity contribution < 1.29 is 9.53 Å². The smallest absolute Gasteiger partial charge is 0.239 e. The molecule has 0 bridgehead atoms. The topological polar surface area (TPSA) is 64.4 Å². The minimum Gasteiger partial charge on any atom is -0.493 e. The van der Waals surface area contributed by atoms with Crippen molar-refractivity contribution in [1.82, 2.24) is 5.32 Å². The lowest BCUT2D eigenvalue weighted by Gasteiger charge is -2.23. The van der Waals surface area contributed by atoms with E-state index in [1.807, 2.05) is 12.1 Å². The molecule has 0 saturated heterocycles. The van der Waals surface area contributed by atoms with E-state index in [0.717, 1.165) is 37.2 Å². The molecule has 21 heavy (non-hydrogen) atoms. The monoisotopic (exact) mass is 288 g/mol. The lowest BCUT2D eigenvalue weighted by molar-refractivity contribution is -0.120. The van der Waals surface area contributed by atoms with Crippen molar-refractivity contribution in [2.45, 2.75) is 57.0 Å². The second-order valence-corrected chi connectivity index (χ2v) is 6.16. The Balaban J connectivity index is 1.76. The number of rotatable bonds is 4. The van der Waals surface area contributed by atoms with Gasteiger partial charge in [-0.05, 0) is 36.1 Å². The molecule has 1 amide bonds. The zero-order chi connectivity index (χ0) is 14.7. The van der Waals surface area contributed by atoms with Crippen molar-refractivity contribution in [3.05, 3.63) is 29.3 Å². The molecular weight excluding hydrogens is 264 g/mol. The normalized spacial score (nSPS) is 20.4. The van der Waals surface area contributed by atoms with Gasteiger partial charge in [-0.15, -0.1) is 0 Å². The first-order valence-electron chi connectivity index (χ1n) is 8.05. The summed E-state index contributed by atoms with van der Waals surface area (Å²) in [6.45, 7) is 0.732. The molecule has 4 heteroatoms. The fourth-order valence-electron chi connectivity index (χ4n) is 3.41. The highest BCUT2D eigenvalue weighted by atomic mass is 16.5. The van der Waals surface area contributed by atoms with E-state index in [1.54, 1.807) is 0 Å². The number of carbonyl (C=O) groups excluding carboxylic acids is 1. The van der Waals surface area contributed by atoms with E-state index in [9.17, 15) is 4.79 Å². The summed E-state index contributed by atoms with van der Waals surface area (Å²) in [4.78, 5) is 11.9. The highest BCUT2D eigenvalue weighted by molar-refractivity contribution is 5.81. The molecule has 4 nitrogen and oxygen atoms in total. The average molecular weight is 288 g/mol. The summed E-state index contributed by atoms with van der Waals surface area (Å²) in [5, 5.41) is 3.49. The lowest BCUT2D eigenvalue weighted by Crippen LogP contribution is -2.39. The van der Waals surface area contributed by atoms with Crippen molar-refractivity contribution in [2.75, 3.05) is 6.61 Å². The minimum atomic E-state index is -0.390. The molecule has 0 radical (unpaired) electrons. The Kier molecular flexibility index (Phi) is 4.44. The van der Waals surface area contributed by atoms with Crippen LogP contribution >= 0.6 is 0 Å². The number of amides is 1. The van der Waals surface area contributed by atoms with Gasteiger partial charge in [0.1, 0.15) is 11.8 Å². The van der Waals surface area contributed by atoms with Crippen LogP contribution < -0.4 is 15.8 Å². The maximum absolute atomic E-state index is 11.9. The van der Waals surface area contributed by atoms with Crippen LogP contribution in [0.5, 0.6) is 5.75 Å². The van der Waals surface area contributed by atoms with E-state index in [1.165, 1.54) is 31.2 Å². The van der Waals surface area contributed by atoms with Crippen LogP contribution in [0.3, 0.4) is 0 Å². The van der Waals surface area contributed by atoms with Crippen molar-refractivity contribution >= 4 is 5.91 Å². The Morgan fingerprint density at radius 3 is 2.71 bits per heavy atom. The van der Waals surface area contributed by atoms with Crippen LogP contribution in [0.1, 0.15) is 55.7 Å². The zero-order valence-corrected chi connectivity index (χ0v) is 12.4. The number of ether oxygens (including phenoxy) is 1. The van der Waals surface area contributed by atoms with Crippen LogP contribution in [0, 0.1) is 0 Å². The summed E-state index contributed by atoms with van der Waals surface area (Å²) in [6, 6.07) is 6.00. The number of hydrogen-bond acceptors (Lipinski definition) is 3. The van der Waals surface area contributed by atoms with Gasteiger partial charge in [0.05, 0.1) is 6.61 Å². The Morgan fingerprint density at radius 2 is 2.00 bits per heavy atom. The molecule has 0 aromatic heterocycles. The Morgan fingerprint density at radius 1 is 1.24 bits per heavy atom. The summed E-state index contributed by atoms with van der Waals surface area (Å²) in [7, 11) is 0. The molecule has 1 heterocycles. The molecular formula is C17H24N2O2. The number of carbonyl (C=O) groups is 1. The van der Waals surface area contributed by atoms with Crippen LogP contribution in [0.15, 0.2) is 18.2 Å². The molecule has 1 aliphatic heterocycles. The highest BCUT2D eigenvalue weighted by Gasteiger charge is 2.24. The van der Waals surface area contributed by atoms with Crippen LogP contribution in [0.25, 0.3) is 0 Å². The zero-order valence-electron chi connectivity index (χ0n) is 12.4. The third kappa shape index (κ3) is 3.38. The van der Waals surface area contributed by atoms with Crippen LogP contribution in [0.2, 0.25) is 0 Å². The van der Waals surface area contributed by atoms with Crippen LogP contribution in [-0.4, -0.2) is 18.6 Å². The fraction of sp³-hybridized carbons (Fsp3) is 0.588. The van der Waals surface area contributed by atoms with E-state index in [2.05, 4.69) is 11.4 Å².